The van der Waals surface area contributed by atoms with Crippen LogP contribution in [0.2, 0.25) is 0 Å². The SMILES string of the molecule is O=C(COC(=O)CNC(=O)c1cccs1)NCCc1ccc(F)cc1. The smallest absolute Gasteiger partial charge is 0.325 e. The molecule has 2 N–H and O–H groups in total. The third kappa shape index (κ3) is 6.72. The molecular formula is C17H17FN2O4S. The van der Waals surface area contributed by atoms with Gasteiger partial charge in [-0.25, -0.2) is 4.39 Å². The number of carbonyl (C=O) groups is 3. The predicted octanol–water partition coefficient (Wildman–Crippen LogP) is 1.52. The van der Waals surface area contributed by atoms with Crippen LogP contribution in [0.5, 0.6) is 0 Å². The van der Waals surface area contributed by atoms with Crippen LogP contribution < -0.4 is 10.6 Å². The van der Waals surface area contributed by atoms with Crippen LogP contribution in [-0.4, -0.2) is 37.5 Å². The third-order valence-corrected chi connectivity index (χ3v) is 4.02. The summed E-state index contributed by atoms with van der Waals surface area (Å²) in [5, 5.41) is 6.76. The molecular weight excluding hydrogens is 347 g/mol. The summed E-state index contributed by atoms with van der Waals surface area (Å²) in [6.45, 7) is -0.381. The van der Waals surface area contributed by atoms with Crippen molar-refractivity contribution in [3.8, 4) is 0 Å². The molecule has 0 saturated carbocycles. The number of hydrogen-bond acceptors (Lipinski definition) is 5. The number of nitrogens with one attached hydrogen (secondary N) is 2. The van der Waals surface area contributed by atoms with Crippen LogP contribution in [0.25, 0.3) is 0 Å². The Morgan fingerprint density at radius 2 is 1.84 bits per heavy atom. The fraction of sp³-hybridized carbons (Fsp3) is 0.235. The van der Waals surface area contributed by atoms with E-state index in [1.54, 1.807) is 29.6 Å². The van der Waals surface area contributed by atoms with E-state index in [-0.39, 0.29) is 18.3 Å². The molecule has 0 aliphatic heterocycles. The first-order chi connectivity index (χ1) is 12.0. The van der Waals surface area contributed by atoms with E-state index in [9.17, 15) is 18.8 Å². The van der Waals surface area contributed by atoms with Crippen LogP contribution in [-0.2, 0) is 20.7 Å². The lowest BCUT2D eigenvalue weighted by atomic mass is 10.1. The summed E-state index contributed by atoms with van der Waals surface area (Å²) in [6, 6.07) is 9.34. The fourth-order valence-corrected chi connectivity index (χ4v) is 2.53. The van der Waals surface area contributed by atoms with Gasteiger partial charge in [-0.2, -0.15) is 0 Å². The van der Waals surface area contributed by atoms with Crippen molar-refractivity contribution < 1.29 is 23.5 Å². The Bertz CT molecular complexity index is 717. The highest BCUT2D eigenvalue weighted by Gasteiger charge is 2.11. The largest absolute Gasteiger partial charge is 0.454 e. The van der Waals surface area contributed by atoms with E-state index in [2.05, 4.69) is 10.6 Å². The van der Waals surface area contributed by atoms with Crippen LogP contribution in [0.1, 0.15) is 15.2 Å². The first-order valence-corrected chi connectivity index (χ1v) is 8.41. The molecule has 2 rings (SSSR count). The zero-order valence-corrected chi connectivity index (χ0v) is 14.1. The average Bonchev–Trinajstić information content (AvgIpc) is 3.14. The van der Waals surface area contributed by atoms with E-state index in [4.69, 9.17) is 4.74 Å². The van der Waals surface area contributed by atoms with Gasteiger partial charge in [-0.05, 0) is 35.6 Å². The van der Waals surface area contributed by atoms with Crippen LogP contribution in [0, 0.1) is 5.82 Å². The number of amides is 2. The van der Waals surface area contributed by atoms with Gasteiger partial charge >= 0.3 is 5.97 Å². The van der Waals surface area contributed by atoms with Gasteiger partial charge in [0, 0.05) is 6.54 Å². The minimum absolute atomic E-state index is 0.306. The minimum atomic E-state index is -0.696. The molecule has 132 valence electrons. The molecule has 1 aromatic heterocycles. The predicted molar refractivity (Wildman–Crippen MR) is 90.7 cm³/mol. The summed E-state index contributed by atoms with van der Waals surface area (Å²) in [6.07, 6.45) is 0.539. The van der Waals surface area contributed by atoms with E-state index in [1.165, 1.54) is 23.5 Å². The molecule has 25 heavy (non-hydrogen) atoms. The van der Waals surface area contributed by atoms with Gasteiger partial charge in [0.1, 0.15) is 12.4 Å². The lowest BCUT2D eigenvalue weighted by Gasteiger charge is -2.07. The van der Waals surface area contributed by atoms with Crippen molar-refractivity contribution in [2.75, 3.05) is 19.7 Å². The normalized spacial score (nSPS) is 10.1. The van der Waals surface area contributed by atoms with Crippen LogP contribution in [0.15, 0.2) is 41.8 Å². The van der Waals surface area contributed by atoms with Crippen LogP contribution >= 0.6 is 11.3 Å². The molecule has 0 radical (unpaired) electrons. The van der Waals surface area contributed by atoms with Crippen molar-refractivity contribution in [2.45, 2.75) is 6.42 Å². The van der Waals surface area contributed by atoms with E-state index < -0.39 is 18.5 Å². The first-order valence-electron chi connectivity index (χ1n) is 7.53. The highest BCUT2D eigenvalue weighted by Crippen LogP contribution is 2.07. The van der Waals surface area contributed by atoms with Crippen molar-refractivity contribution >= 4 is 29.1 Å². The highest BCUT2D eigenvalue weighted by molar-refractivity contribution is 7.12. The van der Waals surface area contributed by atoms with Gasteiger partial charge in [-0.1, -0.05) is 18.2 Å². The molecule has 1 heterocycles. The Hall–Kier alpha value is -2.74. The van der Waals surface area contributed by atoms with Gasteiger partial charge < -0.3 is 15.4 Å². The lowest BCUT2D eigenvalue weighted by Crippen LogP contribution is -2.34. The Balaban J connectivity index is 1.58. The van der Waals surface area contributed by atoms with E-state index in [0.29, 0.717) is 17.8 Å². The summed E-state index contributed by atoms with van der Waals surface area (Å²) in [4.78, 5) is 35.2. The van der Waals surface area contributed by atoms with E-state index >= 15 is 0 Å². The molecule has 0 spiro atoms. The molecule has 0 aliphatic rings. The standard InChI is InChI=1S/C17H17FN2O4S/c18-13-5-3-12(4-6-13)7-8-19-15(21)11-24-16(22)10-20-17(23)14-2-1-9-25-14/h1-6,9H,7-8,10-11H2,(H,19,21)(H,20,23). The van der Waals surface area contributed by atoms with Crippen LogP contribution in [0.4, 0.5) is 4.39 Å². The Morgan fingerprint density at radius 1 is 1.08 bits per heavy atom. The molecule has 8 heteroatoms. The quantitative estimate of drug-likeness (QED) is 0.696. The molecule has 0 bridgehead atoms. The number of ether oxygens (including phenoxy) is 1. The fourth-order valence-electron chi connectivity index (χ4n) is 1.89. The van der Waals surface area contributed by atoms with Crippen molar-refractivity contribution in [2.24, 2.45) is 0 Å². The maximum absolute atomic E-state index is 12.8. The number of benzene rings is 1. The lowest BCUT2D eigenvalue weighted by molar-refractivity contribution is -0.147. The van der Waals surface area contributed by atoms with E-state index in [0.717, 1.165) is 5.56 Å². The molecule has 6 nitrogen and oxygen atoms in total. The van der Waals surface area contributed by atoms with Crippen molar-refractivity contribution in [3.63, 3.8) is 0 Å². The summed E-state index contributed by atoms with van der Waals surface area (Å²) >= 11 is 1.26. The van der Waals surface area contributed by atoms with Gasteiger partial charge in [0.15, 0.2) is 6.61 Å². The maximum Gasteiger partial charge on any atom is 0.325 e. The molecule has 2 aromatic rings. The molecule has 0 aliphatic carbocycles. The Kier molecular flexibility index (Phi) is 7.09. The van der Waals surface area contributed by atoms with Gasteiger partial charge in [-0.3, -0.25) is 14.4 Å². The second-order valence-corrected chi connectivity index (χ2v) is 5.99. The number of halogens is 1. The monoisotopic (exact) mass is 364 g/mol. The Morgan fingerprint density at radius 3 is 2.52 bits per heavy atom. The summed E-state index contributed by atoms with van der Waals surface area (Å²) in [5.41, 5.74) is 0.884. The molecule has 2 amide bonds. The minimum Gasteiger partial charge on any atom is -0.454 e. The van der Waals surface area contributed by atoms with Crippen molar-refractivity contribution in [3.05, 3.63) is 58.0 Å². The van der Waals surface area contributed by atoms with Gasteiger partial charge in [-0.15, -0.1) is 11.3 Å². The second-order valence-electron chi connectivity index (χ2n) is 5.05. The number of carbonyl (C=O) groups excluding carboxylic acids is 3. The molecule has 0 unspecified atom stereocenters. The number of hydrogen-bond donors (Lipinski definition) is 2. The zero-order valence-electron chi connectivity index (χ0n) is 13.3. The van der Waals surface area contributed by atoms with Crippen molar-refractivity contribution in [1.82, 2.24) is 10.6 Å². The molecule has 0 fully saturated rings. The van der Waals surface area contributed by atoms with Gasteiger partial charge in [0.25, 0.3) is 11.8 Å². The second kappa shape index (κ2) is 9.53. The molecule has 0 atom stereocenters. The van der Waals surface area contributed by atoms with Gasteiger partial charge in [0.05, 0.1) is 4.88 Å². The summed E-state index contributed by atoms with van der Waals surface area (Å²) < 4.78 is 17.5. The number of esters is 1. The van der Waals surface area contributed by atoms with E-state index in [1.807, 2.05) is 0 Å². The average molecular weight is 364 g/mol. The summed E-state index contributed by atoms with van der Waals surface area (Å²) in [5.74, 6) is -1.82. The topological polar surface area (TPSA) is 84.5 Å². The first kappa shape index (κ1) is 18.6. The molecule has 0 saturated heterocycles. The number of thiophene rings is 1. The highest BCUT2D eigenvalue weighted by atomic mass is 32.1. The zero-order chi connectivity index (χ0) is 18.1. The number of rotatable bonds is 8. The van der Waals surface area contributed by atoms with Crippen LogP contribution in [0.3, 0.4) is 0 Å². The maximum atomic E-state index is 12.8. The third-order valence-electron chi connectivity index (χ3n) is 3.15. The van der Waals surface area contributed by atoms with Crippen molar-refractivity contribution in [1.29, 1.82) is 0 Å². The molecule has 1 aromatic carbocycles. The van der Waals surface area contributed by atoms with Gasteiger partial charge in [0.2, 0.25) is 0 Å². The summed E-state index contributed by atoms with van der Waals surface area (Å²) in [7, 11) is 0. The Labute approximate surface area is 148 Å².